The van der Waals surface area contributed by atoms with Crippen molar-refractivity contribution >= 4 is 11.6 Å². The molecule has 0 saturated carbocycles. The molecule has 0 aromatic heterocycles. The van der Waals surface area contributed by atoms with Gasteiger partial charge >= 0.3 is 0 Å². The minimum absolute atomic E-state index is 0.0293. The Kier molecular flexibility index (Phi) is 5.78. The zero-order chi connectivity index (χ0) is 18.5. The summed E-state index contributed by atoms with van der Waals surface area (Å²) in [5, 5.41) is 2.97. The van der Waals surface area contributed by atoms with Gasteiger partial charge < -0.3 is 14.8 Å². The highest BCUT2D eigenvalue weighted by Gasteiger charge is 2.19. The van der Waals surface area contributed by atoms with Crippen molar-refractivity contribution in [3.05, 3.63) is 53.1 Å². The van der Waals surface area contributed by atoms with Crippen molar-refractivity contribution in [2.45, 2.75) is 26.8 Å². The van der Waals surface area contributed by atoms with Gasteiger partial charge in [-0.15, -0.1) is 0 Å². The van der Waals surface area contributed by atoms with Gasteiger partial charge in [0.25, 0.3) is 0 Å². The molecule has 0 aliphatic carbocycles. The number of nitrogens with zero attached hydrogens (tertiary/aromatic N) is 1. The highest BCUT2D eigenvalue weighted by molar-refractivity contribution is 5.93. The summed E-state index contributed by atoms with van der Waals surface area (Å²) in [4.78, 5) is 14.7. The first-order valence-electron chi connectivity index (χ1n) is 9.00. The number of amides is 1. The number of nitrogens with one attached hydrogen (secondary N) is 1. The Morgan fingerprint density at radius 1 is 1.19 bits per heavy atom. The van der Waals surface area contributed by atoms with Gasteiger partial charge in [0.15, 0.2) is 0 Å². The number of carbonyl (C=O) groups excluding carboxylic acids is 1. The van der Waals surface area contributed by atoms with Crippen LogP contribution in [-0.4, -0.2) is 37.6 Å². The molecule has 1 N–H and O–H groups in total. The van der Waals surface area contributed by atoms with E-state index >= 15 is 0 Å². The van der Waals surface area contributed by atoms with E-state index in [-0.39, 0.29) is 5.91 Å². The maximum absolute atomic E-state index is 12.5. The number of ether oxygens (including phenoxy) is 2. The fourth-order valence-electron chi connectivity index (χ4n) is 3.30. The summed E-state index contributed by atoms with van der Waals surface area (Å²) in [5.41, 5.74) is 4.37. The van der Waals surface area contributed by atoms with Gasteiger partial charge in [0.2, 0.25) is 5.91 Å². The van der Waals surface area contributed by atoms with Crippen LogP contribution in [0, 0.1) is 6.92 Å². The third-order valence-corrected chi connectivity index (χ3v) is 4.58. The molecule has 1 aliphatic heterocycles. The lowest BCUT2D eigenvalue weighted by Gasteiger charge is -2.28. The summed E-state index contributed by atoms with van der Waals surface area (Å²) in [6.07, 6.45) is 0.947. The van der Waals surface area contributed by atoms with Crippen LogP contribution in [0.3, 0.4) is 0 Å². The molecule has 0 atom stereocenters. The molecular formula is C21H26N2O3. The van der Waals surface area contributed by atoms with Gasteiger partial charge in [-0.2, -0.15) is 0 Å². The maximum Gasteiger partial charge on any atom is 0.238 e. The number of methoxy groups -OCH3 is 1. The molecule has 1 aliphatic rings. The smallest absolute Gasteiger partial charge is 0.238 e. The van der Waals surface area contributed by atoms with E-state index in [1.807, 2.05) is 38.1 Å². The average Bonchev–Trinajstić information content (AvgIpc) is 2.62. The molecule has 1 heterocycles. The van der Waals surface area contributed by atoms with E-state index in [4.69, 9.17) is 9.47 Å². The van der Waals surface area contributed by atoms with Gasteiger partial charge in [0.05, 0.1) is 25.9 Å². The van der Waals surface area contributed by atoms with Crippen LogP contribution in [0.15, 0.2) is 36.4 Å². The molecule has 26 heavy (non-hydrogen) atoms. The number of fused-ring (bicyclic) bond motifs is 1. The third kappa shape index (κ3) is 4.35. The van der Waals surface area contributed by atoms with Crippen LogP contribution in [0.2, 0.25) is 0 Å². The summed E-state index contributed by atoms with van der Waals surface area (Å²) >= 11 is 0. The van der Waals surface area contributed by atoms with Crippen LogP contribution in [0.1, 0.15) is 23.6 Å². The van der Waals surface area contributed by atoms with E-state index in [9.17, 15) is 4.79 Å². The van der Waals surface area contributed by atoms with Crippen LogP contribution < -0.4 is 14.8 Å². The minimum Gasteiger partial charge on any atom is -0.495 e. The van der Waals surface area contributed by atoms with Gasteiger partial charge in [0, 0.05) is 13.1 Å². The normalized spacial score (nSPS) is 13.8. The molecule has 0 saturated heterocycles. The van der Waals surface area contributed by atoms with Gasteiger partial charge in [-0.25, -0.2) is 0 Å². The third-order valence-electron chi connectivity index (χ3n) is 4.58. The van der Waals surface area contributed by atoms with Gasteiger partial charge in [-0.3, -0.25) is 9.69 Å². The molecule has 0 radical (unpaired) electrons. The number of aryl methyl sites for hydroxylation is 1. The minimum atomic E-state index is -0.0293. The molecule has 5 nitrogen and oxygen atoms in total. The fraction of sp³-hybridized carbons (Fsp3) is 0.381. The van der Waals surface area contributed by atoms with Gasteiger partial charge in [-0.1, -0.05) is 12.1 Å². The molecule has 1 amide bonds. The number of anilines is 1. The van der Waals surface area contributed by atoms with Crippen molar-refractivity contribution in [1.29, 1.82) is 0 Å². The molecule has 0 unspecified atom stereocenters. The molecular weight excluding hydrogens is 328 g/mol. The van der Waals surface area contributed by atoms with E-state index in [1.165, 1.54) is 11.1 Å². The Bertz CT molecular complexity index is 789. The van der Waals surface area contributed by atoms with E-state index in [0.717, 1.165) is 30.8 Å². The van der Waals surface area contributed by atoms with Crippen LogP contribution in [0.5, 0.6) is 11.5 Å². The lowest BCUT2D eigenvalue weighted by atomic mass is 9.99. The predicted molar refractivity (Wildman–Crippen MR) is 103 cm³/mol. The first-order valence-corrected chi connectivity index (χ1v) is 9.00. The second-order valence-corrected chi connectivity index (χ2v) is 6.58. The molecule has 0 bridgehead atoms. The summed E-state index contributed by atoms with van der Waals surface area (Å²) in [7, 11) is 1.61. The second-order valence-electron chi connectivity index (χ2n) is 6.58. The van der Waals surface area contributed by atoms with Crippen molar-refractivity contribution in [1.82, 2.24) is 4.90 Å². The maximum atomic E-state index is 12.5. The van der Waals surface area contributed by atoms with Crippen molar-refractivity contribution in [3.8, 4) is 11.5 Å². The lowest BCUT2D eigenvalue weighted by Crippen LogP contribution is -2.37. The Balaban J connectivity index is 1.64. The summed E-state index contributed by atoms with van der Waals surface area (Å²) < 4.78 is 10.9. The molecule has 5 heteroatoms. The number of rotatable bonds is 6. The van der Waals surface area contributed by atoms with Crippen LogP contribution in [-0.2, 0) is 17.8 Å². The molecule has 2 aromatic rings. The zero-order valence-corrected chi connectivity index (χ0v) is 15.7. The number of hydrogen-bond donors (Lipinski definition) is 1. The van der Waals surface area contributed by atoms with Crippen LogP contribution in [0.4, 0.5) is 5.69 Å². The largest absolute Gasteiger partial charge is 0.495 e. The summed E-state index contributed by atoms with van der Waals surface area (Å²) in [6, 6.07) is 12.0. The van der Waals surface area contributed by atoms with E-state index in [2.05, 4.69) is 22.3 Å². The van der Waals surface area contributed by atoms with E-state index in [1.54, 1.807) is 7.11 Å². The van der Waals surface area contributed by atoms with Crippen molar-refractivity contribution in [3.63, 3.8) is 0 Å². The standard InChI is InChI=1S/C21H26N2O3/c1-4-26-18-7-6-16-9-10-23(13-17(16)12-18)14-21(24)22-19-11-15(2)5-8-20(19)25-3/h5-8,11-12H,4,9-10,13-14H2,1-3H3,(H,22,24). The topological polar surface area (TPSA) is 50.8 Å². The highest BCUT2D eigenvalue weighted by atomic mass is 16.5. The second kappa shape index (κ2) is 8.23. The highest BCUT2D eigenvalue weighted by Crippen LogP contribution is 2.26. The number of benzene rings is 2. The van der Waals surface area contributed by atoms with Crippen LogP contribution in [0.25, 0.3) is 0 Å². The Labute approximate surface area is 154 Å². The molecule has 138 valence electrons. The van der Waals surface area contributed by atoms with Crippen molar-refractivity contribution in [2.24, 2.45) is 0 Å². The first kappa shape index (κ1) is 18.3. The monoisotopic (exact) mass is 354 g/mol. The Morgan fingerprint density at radius 3 is 2.81 bits per heavy atom. The summed E-state index contributed by atoms with van der Waals surface area (Å²) in [6.45, 7) is 6.62. The quantitative estimate of drug-likeness (QED) is 0.864. The van der Waals surface area contributed by atoms with Crippen molar-refractivity contribution < 1.29 is 14.3 Å². The molecule has 0 fully saturated rings. The predicted octanol–water partition coefficient (Wildman–Crippen LogP) is 3.40. The van der Waals surface area contributed by atoms with Gasteiger partial charge in [-0.05, 0) is 61.2 Å². The van der Waals surface area contributed by atoms with Crippen LogP contribution >= 0.6 is 0 Å². The first-order chi connectivity index (χ1) is 12.6. The van der Waals surface area contributed by atoms with E-state index < -0.39 is 0 Å². The Hall–Kier alpha value is -2.53. The lowest BCUT2D eigenvalue weighted by molar-refractivity contribution is -0.117. The van der Waals surface area contributed by atoms with E-state index in [0.29, 0.717) is 24.6 Å². The van der Waals surface area contributed by atoms with Gasteiger partial charge in [0.1, 0.15) is 11.5 Å². The Morgan fingerprint density at radius 2 is 2.04 bits per heavy atom. The summed E-state index contributed by atoms with van der Waals surface area (Å²) in [5.74, 6) is 1.54. The van der Waals surface area contributed by atoms with Crippen molar-refractivity contribution in [2.75, 3.05) is 32.1 Å². The molecule has 2 aromatic carbocycles. The molecule has 0 spiro atoms. The molecule has 3 rings (SSSR count). The average molecular weight is 354 g/mol. The number of carbonyl (C=O) groups is 1. The number of hydrogen-bond acceptors (Lipinski definition) is 4. The fourth-order valence-corrected chi connectivity index (χ4v) is 3.30. The zero-order valence-electron chi connectivity index (χ0n) is 15.7. The SMILES string of the molecule is CCOc1ccc2c(c1)CN(CC(=O)Nc1cc(C)ccc1OC)CC2.